The number of carbonyl (C=O) groups is 1. The fraction of sp³-hybridized carbons (Fsp3) is 0.200. The van der Waals surface area contributed by atoms with E-state index >= 15 is 0 Å². The van der Waals surface area contributed by atoms with E-state index in [-0.39, 0.29) is 10.9 Å². The van der Waals surface area contributed by atoms with Gasteiger partial charge in [0.05, 0.1) is 16.6 Å². The van der Waals surface area contributed by atoms with Gasteiger partial charge in [-0.1, -0.05) is 22.9 Å². The topological polar surface area (TPSA) is 62.2 Å². The molecule has 1 unspecified atom stereocenters. The Morgan fingerprint density at radius 1 is 1.53 bits per heavy atom. The van der Waals surface area contributed by atoms with Crippen molar-refractivity contribution in [1.29, 1.82) is 0 Å². The van der Waals surface area contributed by atoms with E-state index in [1.165, 1.54) is 17.5 Å². The van der Waals surface area contributed by atoms with Crippen LogP contribution in [0.25, 0.3) is 0 Å². The SMILES string of the molecule is CC(Nc1ncc(C(=O)O)s1)c1ccc(Cl)s1. The summed E-state index contributed by atoms with van der Waals surface area (Å²) in [5.41, 5.74) is 0. The second-order valence-electron chi connectivity index (χ2n) is 3.34. The maximum atomic E-state index is 10.7. The van der Waals surface area contributed by atoms with Crippen LogP contribution in [-0.4, -0.2) is 16.1 Å². The van der Waals surface area contributed by atoms with Crippen LogP contribution in [0.15, 0.2) is 18.3 Å². The van der Waals surface area contributed by atoms with E-state index in [4.69, 9.17) is 16.7 Å². The van der Waals surface area contributed by atoms with Crippen molar-refractivity contribution < 1.29 is 9.90 Å². The Morgan fingerprint density at radius 3 is 2.82 bits per heavy atom. The first-order chi connectivity index (χ1) is 8.06. The zero-order valence-corrected chi connectivity index (χ0v) is 11.2. The van der Waals surface area contributed by atoms with Crippen LogP contribution in [0.3, 0.4) is 0 Å². The summed E-state index contributed by atoms with van der Waals surface area (Å²) in [6, 6.07) is 3.83. The fourth-order valence-electron chi connectivity index (χ4n) is 1.26. The van der Waals surface area contributed by atoms with Crippen LogP contribution in [-0.2, 0) is 0 Å². The van der Waals surface area contributed by atoms with Gasteiger partial charge in [0, 0.05) is 4.88 Å². The van der Waals surface area contributed by atoms with Gasteiger partial charge < -0.3 is 10.4 Å². The molecule has 4 nitrogen and oxygen atoms in total. The van der Waals surface area contributed by atoms with Gasteiger partial charge in [-0.2, -0.15) is 0 Å². The van der Waals surface area contributed by atoms with Gasteiger partial charge in [-0.3, -0.25) is 0 Å². The highest BCUT2D eigenvalue weighted by atomic mass is 35.5. The summed E-state index contributed by atoms with van der Waals surface area (Å²) >= 11 is 8.47. The number of nitrogens with zero attached hydrogens (tertiary/aromatic N) is 1. The Balaban J connectivity index is 2.07. The quantitative estimate of drug-likeness (QED) is 0.900. The van der Waals surface area contributed by atoms with E-state index < -0.39 is 5.97 Å². The summed E-state index contributed by atoms with van der Waals surface area (Å²) in [5.74, 6) is -0.956. The van der Waals surface area contributed by atoms with Gasteiger partial charge in [-0.15, -0.1) is 11.3 Å². The minimum absolute atomic E-state index is 0.0558. The lowest BCUT2D eigenvalue weighted by atomic mass is 10.3. The maximum Gasteiger partial charge on any atom is 0.347 e. The molecule has 2 aromatic heterocycles. The van der Waals surface area contributed by atoms with Gasteiger partial charge in [-0.05, 0) is 19.1 Å². The van der Waals surface area contributed by atoms with Crippen molar-refractivity contribution >= 4 is 45.4 Å². The molecule has 0 amide bonds. The van der Waals surface area contributed by atoms with Crippen LogP contribution in [0.4, 0.5) is 5.13 Å². The van der Waals surface area contributed by atoms with Gasteiger partial charge >= 0.3 is 5.97 Å². The van der Waals surface area contributed by atoms with Gasteiger partial charge in [0.2, 0.25) is 0 Å². The fourth-order valence-corrected chi connectivity index (χ4v) is 3.06. The molecule has 0 saturated carbocycles. The molecule has 0 aliphatic heterocycles. The highest BCUT2D eigenvalue weighted by molar-refractivity contribution is 7.17. The third-order valence-corrected chi connectivity index (χ3v) is 4.41. The summed E-state index contributed by atoms with van der Waals surface area (Å²) < 4.78 is 0.735. The van der Waals surface area contributed by atoms with Crippen molar-refractivity contribution in [1.82, 2.24) is 4.98 Å². The molecule has 0 fully saturated rings. The molecule has 1 atom stereocenters. The second-order valence-corrected chi connectivity index (χ2v) is 6.12. The number of carboxylic acid groups (broad SMARTS) is 1. The van der Waals surface area contributed by atoms with Crippen LogP contribution in [0.2, 0.25) is 4.34 Å². The van der Waals surface area contributed by atoms with E-state index in [1.54, 1.807) is 0 Å². The highest BCUT2D eigenvalue weighted by Gasteiger charge is 2.12. The molecule has 2 N–H and O–H groups in total. The Labute approximate surface area is 111 Å². The number of nitrogens with one attached hydrogen (secondary N) is 1. The van der Waals surface area contributed by atoms with E-state index in [0.717, 1.165) is 20.6 Å². The first kappa shape index (κ1) is 12.3. The number of hydrogen-bond donors (Lipinski definition) is 2. The Morgan fingerprint density at radius 2 is 2.29 bits per heavy atom. The number of anilines is 1. The predicted octanol–water partition coefficient (Wildman–Crippen LogP) is 3.73. The van der Waals surface area contributed by atoms with Gasteiger partial charge in [-0.25, -0.2) is 9.78 Å². The highest BCUT2D eigenvalue weighted by Crippen LogP contribution is 2.30. The van der Waals surface area contributed by atoms with Crippen molar-refractivity contribution in [3.63, 3.8) is 0 Å². The van der Waals surface area contributed by atoms with Crippen molar-refractivity contribution in [3.05, 3.63) is 32.4 Å². The largest absolute Gasteiger partial charge is 0.477 e. The minimum atomic E-state index is -0.956. The lowest BCUT2D eigenvalue weighted by molar-refractivity contribution is 0.0702. The molecule has 2 aromatic rings. The first-order valence-electron chi connectivity index (χ1n) is 4.77. The Kier molecular flexibility index (Phi) is 3.66. The molecule has 0 aliphatic rings. The number of hydrogen-bond acceptors (Lipinski definition) is 5. The Hall–Kier alpha value is -1.11. The molecule has 17 heavy (non-hydrogen) atoms. The normalized spacial score (nSPS) is 12.4. The summed E-state index contributed by atoms with van der Waals surface area (Å²) in [6.07, 6.45) is 1.35. The number of thiazole rings is 1. The summed E-state index contributed by atoms with van der Waals surface area (Å²) in [7, 11) is 0. The van der Waals surface area contributed by atoms with Crippen molar-refractivity contribution in [2.24, 2.45) is 0 Å². The first-order valence-corrected chi connectivity index (χ1v) is 6.78. The minimum Gasteiger partial charge on any atom is -0.477 e. The van der Waals surface area contributed by atoms with Crippen molar-refractivity contribution in [3.8, 4) is 0 Å². The molecular formula is C10H9ClN2O2S2. The van der Waals surface area contributed by atoms with Crippen LogP contribution >= 0.6 is 34.3 Å². The number of thiophene rings is 1. The molecule has 90 valence electrons. The molecule has 7 heteroatoms. The van der Waals surface area contributed by atoms with Crippen LogP contribution in [0.1, 0.15) is 27.5 Å². The van der Waals surface area contributed by atoms with Crippen molar-refractivity contribution in [2.45, 2.75) is 13.0 Å². The summed E-state index contributed by atoms with van der Waals surface area (Å²) in [6.45, 7) is 1.98. The molecule has 0 aromatic carbocycles. The molecule has 0 saturated heterocycles. The summed E-state index contributed by atoms with van der Waals surface area (Å²) in [5, 5.41) is 12.5. The maximum absolute atomic E-state index is 10.7. The third-order valence-electron chi connectivity index (χ3n) is 2.08. The van der Waals surface area contributed by atoms with Crippen LogP contribution in [0, 0.1) is 0 Å². The molecule has 2 rings (SSSR count). The van der Waals surface area contributed by atoms with E-state index in [0.29, 0.717) is 5.13 Å². The predicted molar refractivity (Wildman–Crippen MR) is 70.4 cm³/mol. The van der Waals surface area contributed by atoms with Gasteiger partial charge in [0.1, 0.15) is 4.88 Å². The molecular weight excluding hydrogens is 280 g/mol. The number of aromatic nitrogens is 1. The number of aromatic carboxylic acids is 1. The molecule has 2 heterocycles. The standard InChI is InChI=1S/C10H9ClN2O2S2/c1-5(6-2-3-8(11)16-6)13-10-12-4-7(17-10)9(14)15/h2-5H,1H3,(H,12,13)(H,14,15). The van der Waals surface area contributed by atoms with Crippen LogP contribution in [0.5, 0.6) is 0 Å². The zero-order valence-electron chi connectivity index (χ0n) is 8.81. The smallest absolute Gasteiger partial charge is 0.347 e. The van der Waals surface area contributed by atoms with E-state index in [1.807, 2.05) is 19.1 Å². The van der Waals surface area contributed by atoms with Gasteiger partial charge in [0.15, 0.2) is 5.13 Å². The lowest BCUT2D eigenvalue weighted by Gasteiger charge is -2.09. The summed E-state index contributed by atoms with van der Waals surface area (Å²) in [4.78, 5) is 16.0. The van der Waals surface area contributed by atoms with E-state index in [9.17, 15) is 4.79 Å². The lowest BCUT2D eigenvalue weighted by Crippen LogP contribution is -2.03. The van der Waals surface area contributed by atoms with Crippen molar-refractivity contribution in [2.75, 3.05) is 5.32 Å². The average Bonchev–Trinajstić information content (AvgIpc) is 2.86. The number of halogens is 1. The monoisotopic (exact) mass is 288 g/mol. The van der Waals surface area contributed by atoms with Gasteiger partial charge in [0.25, 0.3) is 0 Å². The molecule has 0 radical (unpaired) electrons. The number of rotatable bonds is 4. The molecule has 0 bridgehead atoms. The molecule has 0 aliphatic carbocycles. The second kappa shape index (κ2) is 5.03. The van der Waals surface area contributed by atoms with E-state index in [2.05, 4.69) is 10.3 Å². The Bertz CT molecular complexity index is 538. The zero-order chi connectivity index (χ0) is 12.4. The number of carboxylic acids is 1. The third kappa shape index (κ3) is 2.96. The average molecular weight is 289 g/mol. The van der Waals surface area contributed by atoms with Crippen LogP contribution < -0.4 is 5.32 Å². The molecule has 0 spiro atoms.